The van der Waals surface area contributed by atoms with Crippen LogP contribution in [0.5, 0.6) is 0 Å². The van der Waals surface area contributed by atoms with Crippen molar-refractivity contribution in [3.63, 3.8) is 0 Å². The molecule has 0 aliphatic carbocycles. The van der Waals surface area contributed by atoms with E-state index in [1.807, 2.05) is 19.9 Å². The molecule has 5 heteroatoms. The lowest BCUT2D eigenvalue weighted by Gasteiger charge is -2.07. The Morgan fingerprint density at radius 2 is 2.22 bits per heavy atom. The minimum Gasteiger partial charge on any atom is -0.378 e. The topological polar surface area (TPSA) is 48.7 Å². The molecule has 0 aliphatic rings. The van der Waals surface area contributed by atoms with Gasteiger partial charge in [-0.15, -0.1) is 11.3 Å². The third-order valence-electron chi connectivity index (χ3n) is 2.55. The van der Waals surface area contributed by atoms with E-state index in [1.165, 1.54) is 12.1 Å². The summed E-state index contributed by atoms with van der Waals surface area (Å²) in [5.74, 6) is -0.405. The molecule has 0 unspecified atom stereocenters. The summed E-state index contributed by atoms with van der Waals surface area (Å²) >= 11 is 1.64. The van der Waals surface area contributed by atoms with E-state index in [4.69, 9.17) is 5.26 Å². The Kier molecular flexibility index (Phi) is 3.58. The van der Waals surface area contributed by atoms with Gasteiger partial charge in [-0.3, -0.25) is 0 Å². The van der Waals surface area contributed by atoms with E-state index in [2.05, 4.69) is 10.3 Å². The monoisotopic (exact) mass is 261 g/mol. The second-order valence-electron chi connectivity index (χ2n) is 3.89. The lowest BCUT2D eigenvalue weighted by Crippen LogP contribution is -2.03. The molecule has 0 radical (unpaired) electrons. The summed E-state index contributed by atoms with van der Waals surface area (Å²) in [4.78, 5) is 5.55. The number of rotatable bonds is 3. The van der Waals surface area contributed by atoms with E-state index in [-0.39, 0.29) is 0 Å². The summed E-state index contributed by atoms with van der Waals surface area (Å²) in [6.07, 6.45) is 0. The van der Waals surface area contributed by atoms with Crippen LogP contribution in [-0.2, 0) is 6.54 Å². The average molecular weight is 261 g/mol. The summed E-state index contributed by atoms with van der Waals surface area (Å²) in [6, 6.07) is 6.10. The van der Waals surface area contributed by atoms with E-state index in [9.17, 15) is 4.39 Å². The lowest BCUT2D eigenvalue weighted by molar-refractivity contribution is 0.627. The Morgan fingerprint density at radius 1 is 1.44 bits per heavy atom. The maximum absolute atomic E-state index is 13.0. The number of aromatic nitrogens is 1. The lowest BCUT2D eigenvalue weighted by atomic mass is 10.2. The van der Waals surface area contributed by atoms with Gasteiger partial charge in [-0.05, 0) is 32.0 Å². The van der Waals surface area contributed by atoms with Crippen molar-refractivity contribution in [1.82, 2.24) is 4.98 Å². The molecule has 0 aliphatic heterocycles. The van der Waals surface area contributed by atoms with Crippen LogP contribution >= 0.6 is 11.3 Å². The quantitative estimate of drug-likeness (QED) is 0.921. The van der Waals surface area contributed by atoms with E-state index >= 15 is 0 Å². The van der Waals surface area contributed by atoms with Gasteiger partial charge >= 0.3 is 0 Å². The van der Waals surface area contributed by atoms with Gasteiger partial charge in [0.05, 0.1) is 28.5 Å². The minimum absolute atomic E-state index is 0.305. The van der Waals surface area contributed by atoms with Gasteiger partial charge in [0.1, 0.15) is 11.9 Å². The Labute approximate surface area is 109 Å². The Balaban J connectivity index is 2.16. The molecule has 1 aromatic carbocycles. The molecular formula is C13H12FN3S. The molecule has 1 aromatic heterocycles. The van der Waals surface area contributed by atoms with Crippen molar-refractivity contribution in [3.05, 3.63) is 45.2 Å². The highest BCUT2D eigenvalue weighted by atomic mass is 32.1. The zero-order valence-electron chi connectivity index (χ0n) is 10.1. The van der Waals surface area contributed by atoms with E-state index in [1.54, 1.807) is 17.4 Å². The molecule has 2 aromatic rings. The van der Waals surface area contributed by atoms with Crippen molar-refractivity contribution in [2.45, 2.75) is 20.4 Å². The molecular weight excluding hydrogens is 249 g/mol. The van der Waals surface area contributed by atoms with Gasteiger partial charge in [0.2, 0.25) is 0 Å². The highest BCUT2D eigenvalue weighted by molar-refractivity contribution is 7.11. The number of nitrogens with zero attached hydrogens (tertiary/aromatic N) is 2. The predicted molar refractivity (Wildman–Crippen MR) is 70.0 cm³/mol. The molecule has 18 heavy (non-hydrogen) atoms. The second kappa shape index (κ2) is 5.15. The van der Waals surface area contributed by atoms with Crippen molar-refractivity contribution in [2.75, 3.05) is 5.32 Å². The van der Waals surface area contributed by atoms with Crippen molar-refractivity contribution in [1.29, 1.82) is 5.26 Å². The van der Waals surface area contributed by atoms with Gasteiger partial charge in [-0.1, -0.05) is 0 Å². The Hall–Kier alpha value is -1.93. The number of hydrogen-bond acceptors (Lipinski definition) is 4. The smallest absolute Gasteiger partial charge is 0.124 e. The number of nitriles is 1. The van der Waals surface area contributed by atoms with Crippen LogP contribution in [0.2, 0.25) is 0 Å². The second-order valence-corrected chi connectivity index (χ2v) is 5.30. The van der Waals surface area contributed by atoms with Crippen LogP contribution in [0.3, 0.4) is 0 Å². The predicted octanol–water partition coefficient (Wildman–Crippen LogP) is 3.38. The summed E-state index contributed by atoms with van der Waals surface area (Å²) in [5.41, 5.74) is 1.90. The normalized spacial score (nSPS) is 10.1. The van der Waals surface area contributed by atoms with Crippen LogP contribution in [-0.4, -0.2) is 4.98 Å². The summed E-state index contributed by atoms with van der Waals surface area (Å²) in [5, 5.41) is 13.1. The fourth-order valence-electron chi connectivity index (χ4n) is 1.68. The zero-order chi connectivity index (χ0) is 13.1. The van der Waals surface area contributed by atoms with Gasteiger partial charge in [0.25, 0.3) is 0 Å². The Morgan fingerprint density at radius 3 is 2.83 bits per heavy atom. The van der Waals surface area contributed by atoms with Crippen LogP contribution in [0, 0.1) is 31.0 Å². The summed E-state index contributed by atoms with van der Waals surface area (Å²) in [7, 11) is 0. The molecule has 0 saturated carbocycles. The number of nitrogens with one attached hydrogen (secondary N) is 1. The first-order valence-corrected chi connectivity index (χ1v) is 6.28. The average Bonchev–Trinajstić information content (AvgIpc) is 2.66. The van der Waals surface area contributed by atoms with Gasteiger partial charge in [0.15, 0.2) is 0 Å². The zero-order valence-corrected chi connectivity index (χ0v) is 10.9. The van der Waals surface area contributed by atoms with Gasteiger partial charge in [-0.25, -0.2) is 9.37 Å². The summed E-state index contributed by atoms with van der Waals surface area (Å²) < 4.78 is 13.0. The molecule has 0 bridgehead atoms. The maximum Gasteiger partial charge on any atom is 0.124 e. The van der Waals surface area contributed by atoms with Crippen LogP contribution < -0.4 is 5.32 Å². The number of anilines is 1. The highest BCUT2D eigenvalue weighted by Gasteiger charge is 2.07. The molecule has 0 fully saturated rings. The molecule has 92 valence electrons. The first-order chi connectivity index (χ1) is 8.60. The highest BCUT2D eigenvalue weighted by Crippen LogP contribution is 2.20. The molecule has 3 nitrogen and oxygen atoms in total. The number of halogens is 1. The number of hydrogen-bond donors (Lipinski definition) is 1. The Bertz CT molecular complexity index is 613. The first kappa shape index (κ1) is 12.5. The SMILES string of the molecule is Cc1nc(CNc2ccc(F)cc2C#N)c(C)s1. The third-order valence-corrected chi connectivity index (χ3v) is 3.48. The van der Waals surface area contributed by atoms with E-state index < -0.39 is 5.82 Å². The van der Waals surface area contributed by atoms with Crippen molar-refractivity contribution >= 4 is 17.0 Å². The van der Waals surface area contributed by atoms with Gasteiger partial charge in [-0.2, -0.15) is 5.26 Å². The molecule has 1 heterocycles. The van der Waals surface area contributed by atoms with Gasteiger partial charge in [0, 0.05) is 4.88 Å². The summed E-state index contributed by atoms with van der Waals surface area (Å²) in [6.45, 7) is 4.51. The van der Waals surface area contributed by atoms with Crippen LogP contribution in [0.15, 0.2) is 18.2 Å². The van der Waals surface area contributed by atoms with Crippen molar-refractivity contribution in [3.8, 4) is 6.07 Å². The van der Waals surface area contributed by atoms with Crippen molar-refractivity contribution < 1.29 is 4.39 Å². The van der Waals surface area contributed by atoms with E-state index in [0.717, 1.165) is 15.6 Å². The first-order valence-electron chi connectivity index (χ1n) is 5.46. The number of aryl methyl sites for hydroxylation is 2. The largest absolute Gasteiger partial charge is 0.378 e. The molecule has 0 saturated heterocycles. The minimum atomic E-state index is -0.405. The number of thiazole rings is 1. The molecule has 0 spiro atoms. The maximum atomic E-state index is 13.0. The molecule has 0 amide bonds. The number of benzene rings is 1. The van der Waals surface area contributed by atoms with Crippen LogP contribution in [0.4, 0.5) is 10.1 Å². The molecule has 2 rings (SSSR count). The van der Waals surface area contributed by atoms with Crippen molar-refractivity contribution in [2.24, 2.45) is 0 Å². The van der Waals surface area contributed by atoms with E-state index in [0.29, 0.717) is 17.8 Å². The standard InChI is InChI=1S/C13H12FN3S/c1-8-13(17-9(2)18-8)7-16-12-4-3-11(14)5-10(12)6-15/h3-5,16H,7H2,1-2H3. The third kappa shape index (κ3) is 2.66. The molecule has 0 atom stereocenters. The fraction of sp³-hybridized carbons (Fsp3) is 0.231. The fourth-order valence-corrected chi connectivity index (χ4v) is 2.51. The van der Waals surface area contributed by atoms with Gasteiger partial charge < -0.3 is 5.32 Å². The van der Waals surface area contributed by atoms with Crippen LogP contribution in [0.1, 0.15) is 21.1 Å². The molecule has 1 N–H and O–H groups in total. The van der Waals surface area contributed by atoms with Crippen LogP contribution in [0.25, 0.3) is 0 Å².